The number of benzene rings is 2. The zero-order valence-electron chi connectivity index (χ0n) is 17.4. The van der Waals surface area contributed by atoms with Gasteiger partial charge >= 0.3 is 0 Å². The molecule has 0 aromatic heterocycles. The van der Waals surface area contributed by atoms with Gasteiger partial charge in [-0.1, -0.05) is 51.1 Å². The van der Waals surface area contributed by atoms with Gasteiger partial charge in [0.2, 0.25) is 11.8 Å². The van der Waals surface area contributed by atoms with Crippen LogP contribution in [0.15, 0.2) is 53.6 Å². The lowest BCUT2D eigenvalue weighted by molar-refractivity contribution is -0.136. The predicted octanol–water partition coefficient (Wildman–Crippen LogP) is 3.32. The van der Waals surface area contributed by atoms with E-state index in [2.05, 4.69) is 5.10 Å². The average molecular weight is 419 g/mol. The van der Waals surface area contributed by atoms with Crippen LogP contribution in [0.5, 0.6) is 0 Å². The quantitative estimate of drug-likeness (QED) is 0.701. The molecule has 2 saturated heterocycles. The minimum Gasteiger partial charge on any atom is -0.297 e. The van der Waals surface area contributed by atoms with Gasteiger partial charge in [-0.05, 0) is 29.3 Å². The molecule has 0 radical (unpaired) electrons. The number of nitrogens with zero attached hydrogens (tertiary/aromatic N) is 3. The predicted molar refractivity (Wildman–Crippen MR) is 113 cm³/mol. The van der Waals surface area contributed by atoms with Gasteiger partial charge in [-0.25, -0.2) is 9.29 Å². The molecule has 5 rings (SSSR count). The molecule has 0 spiro atoms. The first kappa shape index (κ1) is 19.6. The normalized spacial score (nSPS) is 26.7. The van der Waals surface area contributed by atoms with Crippen molar-refractivity contribution in [2.45, 2.75) is 32.9 Å². The minimum atomic E-state index is -0.879. The molecule has 3 aliphatic rings. The monoisotopic (exact) mass is 419 g/mol. The number of hydrogen-bond donors (Lipinski definition) is 0. The number of amides is 2. The first-order valence-corrected chi connectivity index (χ1v) is 10.3. The van der Waals surface area contributed by atoms with Crippen LogP contribution in [0.2, 0.25) is 0 Å². The van der Waals surface area contributed by atoms with Crippen molar-refractivity contribution in [2.75, 3.05) is 4.90 Å². The van der Waals surface area contributed by atoms with Crippen LogP contribution in [0.3, 0.4) is 0 Å². The summed E-state index contributed by atoms with van der Waals surface area (Å²) in [6, 6.07) is 11.6. The van der Waals surface area contributed by atoms with E-state index < -0.39 is 47.0 Å². The van der Waals surface area contributed by atoms with Gasteiger partial charge in [0.05, 0.1) is 29.8 Å². The van der Waals surface area contributed by atoms with Crippen LogP contribution < -0.4 is 4.90 Å². The third kappa shape index (κ3) is 2.76. The summed E-state index contributed by atoms with van der Waals surface area (Å²) in [6.07, 6.45) is 1.68. The maximum absolute atomic E-state index is 13.9. The van der Waals surface area contributed by atoms with E-state index in [1.165, 1.54) is 24.3 Å². The molecule has 6 nitrogen and oxygen atoms in total. The standard InChI is InChI=1S/C24H22FN3O3/c1-24(2,3)21(29)20-18-17(19-16-10-5-4-7-13(16)12-26-28(19)20)22(30)27(23(18)31)15-9-6-8-14(25)11-15/h4-12,17-20H,1-3H3. The number of hydrazone groups is 1. The summed E-state index contributed by atoms with van der Waals surface area (Å²) in [5, 5.41) is 6.16. The number of anilines is 1. The van der Waals surface area contributed by atoms with E-state index in [-0.39, 0.29) is 11.5 Å². The Morgan fingerprint density at radius 2 is 1.71 bits per heavy atom. The Hall–Kier alpha value is -3.35. The molecule has 4 atom stereocenters. The number of Topliss-reactive ketones (excluding diaryl/α,β-unsaturated/α-hetero) is 1. The lowest BCUT2D eigenvalue weighted by Gasteiger charge is -2.35. The van der Waals surface area contributed by atoms with Crippen molar-refractivity contribution in [1.29, 1.82) is 0 Å². The molecule has 158 valence electrons. The molecular formula is C24H22FN3O3. The number of carbonyl (C=O) groups is 3. The second-order valence-electron chi connectivity index (χ2n) is 9.30. The van der Waals surface area contributed by atoms with Crippen LogP contribution >= 0.6 is 0 Å². The summed E-state index contributed by atoms with van der Waals surface area (Å²) in [7, 11) is 0. The number of carbonyl (C=O) groups excluding carboxylic acids is 3. The molecule has 7 heteroatoms. The Kier molecular flexibility index (Phi) is 4.16. The fourth-order valence-electron chi connectivity index (χ4n) is 4.98. The fourth-order valence-corrected chi connectivity index (χ4v) is 4.98. The Morgan fingerprint density at radius 1 is 1.00 bits per heavy atom. The molecule has 2 aromatic carbocycles. The topological polar surface area (TPSA) is 70.0 Å². The maximum Gasteiger partial charge on any atom is 0.240 e. The second-order valence-corrected chi connectivity index (χ2v) is 9.30. The SMILES string of the molecule is CC(C)(C)C(=O)C1C2C(=O)N(c3cccc(F)c3)C(=O)C2C2c3ccccc3C=NN12. The van der Waals surface area contributed by atoms with Gasteiger partial charge in [0.25, 0.3) is 0 Å². The number of fused-ring (bicyclic) bond motifs is 5. The fraction of sp³-hybridized carbons (Fsp3) is 0.333. The van der Waals surface area contributed by atoms with Crippen molar-refractivity contribution >= 4 is 29.5 Å². The summed E-state index contributed by atoms with van der Waals surface area (Å²) in [5.41, 5.74) is 1.17. The van der Waals surface area contributed by atoms with Crippen LogP contribution in [0.1, 0.15) is 37.9 Å². The van der Waals surface area contributed by atoms with E-state index in [1.54, 1.807) is 32.0 Å². The van der Waals surface area contributed by atoms with Gasteiger partial charge in [0, 0.05) is 5.41 Å². The largest absolute Gasteiger partial charge is 0.297 e. The van der Waals surface area contributed by atoms with E-state index in [0.29, 0.717) is 0 Å². The zero-order valence-corrected chi connectivity index (χ0v) is 17.4. The second kappa shape index (κ2) is 6.57. The van der Waals surface area contributed by atoms with E-state index in [9.17, 15) is 18.8 Å². The molecule has 3 heterocycles. The lowest BCUT2D eigenvalue weighted by Crippen LogP contribution is -2.48. The van der Waals surface area contributed by atoms with E-state index in [4.69, 9.17) is 0 Å². The van der Waals surface area contributed by atoms with E-state index in [0.717, 1.165) is 16.0 Å². The Labute approximate surface area is 179 Å². The summed E-state index contributed by atoms with van der Waals surface area (Å²) in [5.74, 6) is -3.24. The highest BCUT2D eigenvalue weighted by molar-refractivity contribution is 6.24. The van der Waals surface area contributed by atoms with Crippen LogP contribution in [-0.2, 0) is 14.4 Å². The summed E-state index contributed by atoms with van der Waals surface area (Å²) >= 11 is 0. The first-order valence-electron chi connectivity index (χ1n) is 10.3. The smallest absolute Gasteiger partial charge is 0.240 e. The van der Waals surface area contributed by atoms with Gasteiger partial charge in [-0.15, -0.1) is 0 Å². The van der Waals surface area contributed by atoms with Gasteiger partial charge in [0.15, 0.2) is 5.78 Å². The molecule has 4 unspecified atom stereocenters. The third-order valence-electron chi connectivity index (χ3n) is 6.37. The molecule has 2 aromatic rings. The average Bonchev–Trinajstić information content (AvgIpc) is 3.19. The van der Waals surface area contributed by atoms with E-state index in [1.807, 2.05) is 24.3 Å². The molecule has 0 N–H and O–H groups in total. The molecule has 0 saturated carbocycles. The van der Waals surface area contributed by atoms with Crippen molar-refractivity contribution in [3.8, 4) is 0 Å². The van der Waals surface area contributed by atoms with Crippen LogP contribution in [0.4, 0.5) is 10.1 Å². The van der Waals surface area contributed by atoms with Crippen molar-refractivity contribution in [3.05, 3.63) is 65.5 Å². The Bertz CT molecular complexity index is 1150. The molecular weight excluding hydrogens is 397 g/mol. The van der Waals surface area contributed by atoms with E-state index >= 15 is 0 Å². The first-order chi connectivity index (χ1) is 14.7. The number of hydrogen-bond acceptors (Lipinski definition) is 5. The number of rotatable bonds is 2. The Morgan fingerprint density at radius 3 is 2.42 bits per heavy atom. The minimum absolute atomic E-state index is 0.149. The number of ketones is 1. The molecule has 0 bridgehead atoms. The van der Waals surface area contributed by atoms with Crippen molar-refractivity contribution in [1.82, 2.24) is 5.01 Å². The molecule has 2 amide bonds. The molecule has 31 heavy (non-hydrogen) atoms. The molecule has 0 aliphatic carbocycles. The molecule has 2 fully saturated rings. The van der Waals surface area contributed by atoms with Crippen LogP contribution in [-0.4, -0.2) is 34.9 Å². The summed E-state index contributed by atoms with van der Waals surface area (Å²) in [4.78, 5) is 41.7. The number of halogens is 1. The van der Waals surface area contributed by atoms with Crippen LogP contribution in [0.25, 0.3) is 0 Å². The van der Waals surface area contributed by atoms with Gasteiger partial charge in [-0.3, -0.25) is 19.4 Å². The van der Waals surface area contributed by atoms with Gasteiger partial charge < -0.3 is 0 Å². The van der Waals surface area contributed by atoms with Crippen molar-refractivity contribution < 1.29 is 18.8 Å². The van der Waals surface area contributed by atoms with Crippen LogP contribution in [0, 0.1) is 23.1 Å². The highest BCUT2D eigenvalue weighted by atomic mass is 19.1. The van der Waals surface area contributed by atoms with Crippen molar-refractivity contribution in [2.24, 2.45) is 22.4 Å². The van der Waals surface area contributed by atoms with Gasteiger partial charge in [0.1, 0.15) is 11.9 Å². The number of imide groups is 1. The summed E-state index contributed by atoms with van der Waals surface area (Å²) < 4.78 is 13.9. The highest BCUT2D eigenvalue weighted by Gasteiger charge is 2.66. The summed E-state index contributed by atoms with van der Waals surface area (Å²) in [6.45, 7) is 5.39. The Balaban J connectivity index is 1.67. The zero-order chi connectivity index (χ0) is 22.1. The maximum atomic E-state index is 13.9. The van der Waals surface area contributed by atoms with Crippen molar-refractivity contribution in [3.63, 3.8) is 0 Å². The third-order valence-corrected chi connectivity index (χ3v) is 6.37. The lowest BCUT2D eigenvalue weighted by atomic mass is 9.79. The molecule has 3 aliphatic heterocycles. The van der Waals surface area contributed by atoms with Gasteiger partial charge in [-0.2, -0.15) is 5.10 Å². The highest BCUT2D eigenvalue weighted by Crippen LogP contribution is 2.53.